The van der Waals surface area contributed by atoms with E-state index in [1.54, 1.807) is 0 Å². The number of amides is 1. The van der Waals surface area contributed by atoms with Crippen LogP contribution in [0, 0.1) is 11.8 Å². The zero-order valence-electron chi connectivity index (χ0n) is 10.3. The lowest BCUT2D eigenvalue weighted by Gasteiger charge is -2.23. The molecule has 0 aliphatic heterocycles. The van der Waals surface area contributed by atoms with E-state index in [-0.39, 0.29) is 18.7 Å². The van der Waals surface area contributed by atoms with E-state index in [0.717, 1.165) is 0 Å². The van der Waals surface area contributed by atoms with Gasteiger partial charge in [0.15, 0.2) is 0 Å². The number of halogens is 3. The number of hydrogen-bond donors (Lipinski definition) is 1. The van der Waals surface area contributed by atoms with Gasteiger partial charge in [0.05, 0.1) is 24.6 Å². The highest BCUT2D eigenvalue weighted by atomic mass is 19.4. The molecule has 1 heterocycles. The molecular formula is C12H12F3NO4. The lowest BCUT2D eigenvalue weighted by atomic mass is 10.2. The summed E-state index contributed by atoms with van der Waals surface area (Å²) in [6.07, 6.45) is -3.17. The monoisotopic (exact) mass is 291 g/mol. The molecule has 5 nitrogen and oxygen atoms in total. The Morgan fingerprint density at radius 3 is 2.55 bits per heavy atom. The predicted molar refractivity (Wildman–Crippen MR) is 59.4 cm³/mol. The Bertz CT molecular complexity index is 497. The number of carbonyl (C=O) groups excluding carboxylic acids is 1. The highest BCUT2D eigenvalue weighted by Gasteiger charge is 2.51. The number of hydrogen-bond acceptors (Lipinski definition) is 3. The van der Waals surface area contributed by atoms with Gasteiger partial charge in [-0.2, -0.15) is 13.2 Å². The summed E-state index contributed by atoms with van der Waals surface area (Å²) in [5.74, 6) is -3.49. The van der Waals surface area contributed by atoms with Gasteiger partial charge in [-0.25, -0.2) is 0 Å². The summed E-state index contributed by atoms with van der Waals surface area (Å²) in [6.45, 7) is -1.75. The molecule has 20 heavy (non-hydrogen) atoms. The maximum Gasteiger partial charge on any atom is 0.406 e. The fourth-order valence-corrected chi connectivity index (χ4v) is 1.99. The molecule has 1 aromatic rings. The summed E-state index contributed by atoms with van der Waals surface area (Å²) in [5, 5.41) is 8.73. The van der Waals surface area contributed by atoms with Crippen LogP contribution in [0.1, 0.15) is 12.2 Å². The van der Waals surface area contributed by atoms with Crippen molar-refractivity contribution in [3.05, 3.63) is 24.2 Å². The van der Waals surface area contributed by atoms with Gasteiger partial charge in [-0.1, -0.05) is 0 Å². The molecule has 0 saturated heterocycles. The van der Waals surface area contributed by atoms with Crippen LogP contribution in [0.2, 0.25) is 0 Å². The zero-order valence-corrected chi connectivity index (χ0v) is 10.3. The van der Waals surface area contributed by atoms with Crippen molar-refractivity contribution in [2.75, 3.05) is 6.54 Å². The Kier molecular flexibility index (Phi) is 3.74. The Morgan fingerprint density at radius 2 is 2.10 bits per heavy atom. The van der Waals surface area contributed by atoms with Crippen LogP contribution in [0.15, 0.2) is 22.8 Å². The van der Waals surface area contributed by atoms with Gasteiger partial charge in [-0.15, -0.1) is 0 Å². The second-order valence-corrected chi connectivity index (χ2v) is 4.68. The van der Waals surface area contributed by atoms with Crippen molar-refractivity contribution in [3.8, 4) is 0 Å². The SMILES string of the molecule is O=C(O)[C@@H]1C[C@@H]1C(=O)N(Cc1ccco1)CC(F)(F)F. The van der Waals surface area contributed by atoms with Crippen molar-refractivity contribution in [1.29, 1.82) is 0 Å². The Hall–Kier alpha value is -1.99. The first-order valence-corrected chi connectivity index (χ1v) is 5.88. The third-order valence-corrected chi connectivity index (χ3v) is 3.03. The lowest BCUT2D eigenvalue weighted by Crippen LogP contribution is -2.39. The lowest BCUT2D eigenvalue weighted by molar-refractivity contribution is -0.164. The highest BCUT2D eigenvalue weighted by molar-refractivity contribution is 5.89. The number of rotatable bonds is 5. The number of carbonyl (C=O) groups is 2. The molecule has 1 aromatic heterocycles. The number of aliphatic carboxylic acids is 1. The van der Waals surface area contributed by atoms with Crippen molar-refractivity contribution in [3.63, 3.8) is 0 Å². The molecule has 1 aliphatic rings. The van der Waals surface area contributed by atoms with E-state index in [1.807, 2.05) is 0 Å². The van der Waals surface area contributed by atoms with Crippen molar-refractivity contribution in [2.45, 2.75) is 19.1 Å². The first kappa shape index (κ1) is 14.4. The number of alkyl halides is 3. The molecule has 1 amide bonds. The standard InChI is InChI=1S/C12H12F3NO4/c13-12(14,15)6-16(5-7-2-1-3-20-7)10(17)8-4-9(8)11(18)19/h1-3,8-9H,4-6H2,(H,18,19)/t8-,9+/m0/s1. The second-order valence-electron chi connectivity index (χ2n) is 4.68. The highest BCUT2D eigenvalue weighted by Crippen LogP contribution is 2.40. The minimum atomic E-state index is -4.55. The summed E-state index contributed by atoms with van der Waals surface area (Å²) >= 11 is 0. The van der Waals surface area contributed by atoms with Crippen molar-refractivity contribution < 1.29 is 32.3 Å². The first-order chi connectivity index (χ1) is 9.28. The van der Waals surface area contributed by atoms with Crippen molar-refractivity contribution >= 4 is 11.9 Å². The van der Waals surface area contributed by atoms with Crippen LogP contribution >= 0.6 is 0 Å². The average Bonchev–Trinajstić information content (AvgIpc) is 2.97. The molecule has 0 unspecified atom stereocenters. The first-order valence-electron chi connectivity index (χ1n) is 5.88. The minimum Gasteiger partial charge on any atom is -0.481 e. The molecule has 1 aliphatic carbocycles. The average molecular weight is 291 g/mol. The quantitative estimate of drug-likeness (QED) is 0.899. The molecule has 1 fully saturated rings. The van der Waals surface area contributed by atoms with Gasteiger partial charge in [0.2, 0.25) is 5.91 Å². The Labute approximate surface area is 112 Å². The van der Waals surface area contributed by atoms with E-state index in [9.17, 15) is 22.8 Å². The Balaban J connectivity index is 2.06. The van der Waals surface area contributed by atoms with E-state index in [0.29, 0.717) is 4.90 Å². The van der Waals surface area contributed by atoms with Crippen molar-refractivity contribution in [1.82, 2.24) is 4.90 Å². The second kappa shape index (κ2) is 5.18. The van der Waals surface area contributed by atoms with Crippen LogP contribution in [-0.2, 0) is 16.1 Å². The molecule has 1 N–H and O–H groups in total. The van der Waals surface area contributed by atoms with E-state index in [2.05, 4.69) is 0 Å². The number of carboxylic acids is 1. The molecule has 0 spiro atoms. The van der Waals surface area contributed by atoms with E-state index in [4.69, 9.17) is 9.52 Å². The van der Waals surface area contributed by atoms with Gasteiger partial charge in [0.25, 0.3) is 0 Å². The maximum atomic E-state index is 12.5. The maximum absolute atomic E-state index is 12.5. The van der Waals surface area contributed by atoms with Crippen LogP contribution in [0.4, 0.5) is 13.2 Å². The van der Waals surface area contributed by atoms with E-state index < -0.39 is 36.4 Å². The molecule has 2 atom stereocenters. The summed E-state index contributed by atoms with van der Waals surface area (Å²) < 4.78 is 42.4. The third-order valence-electron chi connectivity index (χ3n) is 3.03. The van der Waals surface area contributed by atoms with Crippen LogP contribution in [-0.4, -0.2) is 34.6 Å². The third kappa shape index (κ3) is 3.52. The topological polar surface area (TPSA) is 70.8 Å². The molecular weight excluding hydrogens is 279 g/mol. The summed E-state index contributed by atoms with van der Waals surface area (Å²) in [7, 11) is 0. The van der Waals surface area contributed by atoms with E-state index >= 15 is 0 Å². The molecule has 110 valence electrons. The molecule has 0 bridgehead atoms. The van der Waals surface area contributed by atoms with Gasteiger partial charge in [-0.3, -0.25) is 9.59 Å². The fraction of sp³-hybridized carbons (Fsp3) is 0.500. The smallest absolute Gasteiger partial charge is 0.406 e. The fourth-order valence-electron chi connectivity index (χ4n) is 1.99. The number of nitrogens with zero attached hydrogens (tertiary/aromatic N) is 1. The number of carboxylic acid groups (broad SMARTS) is 1. The van der Waals surface area contributed by atoms with Gasteiger partial charge < -0.3 is 14.4 Å². The van der Waals surface area contributed by atoms with Gasteiger partial charge in [-0.05, 0) is 18.6 Å². The molecule has 1 saturated carbocycles. The molecule has 0 aromatic carbocycles. The Morgan fingerprint density at radius 1 is 1.40 bits per heavy atom. The number of furan rings is 1. The molecule has 0 radical (unpaired) electrons. The molecule has 2 rings (SSSR count). The van der Waals surface area contributed by atoms with Crippen LogP contribution in [0.5, 0.6) is 0 Å². The van der Waals surface area contributed by atoms with Gasteiger partial charge in [0, 0.05) is 0 Å². The minimum absolute atomic E-state index is 0.0840. The predicted octanol–water partition coefficient (Wildman–Crippen LogP) is 1.89. The van der Waals surface area contributed by atoms with Gasteiger partial charge in [0.1, 0.15) is 12.3 Å². The summed E-state index contributed by atoms with van der Waals surface area (Å²) in [5.41, 5.74) is 0. The normalized spacial score (nSPS) is 21.6. The van der Waals surface area contributed by atoms with Crippen LogP contribution in [0.3, 0.4) is 0 Å². The van der Waals surface area contributed by atoms with Crippen molar-refractivity contribution in [2.24, 2.45) is 11.8 Å². The van der Waals surface area contributed by atoms with Crippen LogP contribution < -0.4 is 0 Å². The summed E-state index contributed by atoms with van der Waals surface area (Å²) in [4.78, 5) is 23.2. The molecule has 8 heteroatoms. The largest absolute Gasteiger partial charge is 0.481 e. The van der Waals surface area contributed by atoms with Crippen LogP contribution in [0.25, 0.3) is 0 Å². The summed E-state index contributed by atoms with van der Waals surface area (Å²) in [6, 6.07) is 2.96. The van der Waals surface area contributed by atoms with Gasteiger partial charge >= 0.3 is 12.1 Å². The van der Waals surface area contributed by atoms with E-state index in [1.165, 1.54) is 18.4 Å². The zero-order chi connectivity index (χ0) is 14.9.